The molecular weight excluding hydrogens is 304 g/mol. The summed E-state index contributed by atoms with van der Waals surface area (Å²) in [6.07, 6.45) is 0. The molecule has 3 aromatic rings. The summed E-state index contributed by atoms with van der Waals surface area (Å²) in [6.45, 7) is 6.24. The first-order valence-corrected chi connectivity index (χ1v) is 8.39. The number of aromatic nitrogens is 1. The number of methoxy groups -OCH3 is 1. The van der Waals surface area contributed by atoms with E-state index in [9.17, 15) is 0 Å². The van der Waals surface area contributed by atoms with E-state index in [0.29, 0.717) is 0 Å². The van der Waals surface area contributed by atoms with Gasteiger partial charge in [-0.25, -0.2) is 4.98 Å². The molecule has 3 rings (SSSR count). The first-order valence-electron chi connectivity index (χ1n) is 7.51. The average molecular weight is 324 g/mol. The van der Waals surface area contributed by atoms with E-state index in [4.69, 9.17) is 9.72 Å². The largest absolute Gasteiger partial charge is 0.496 e. The zero-order valence-electron chi connectivity index (χ0n) is 13.8. The molecule has 23 heavy (non-hydrogen) atoms. The second-order valence-electron chi connectivity index (χ2n) is 5.67. The van der Waals surface area contributed by atoms with Crippen LogP contribution in [0.15, 0.2) is 41.8 Å². The van der Waals surface area contributed by atoms with E-state index in [-0.39, 0.29) is 0 Å². The van der Waals surface area contributed by atoms with Crippen molar-refractivity contribution in [2.24, 2.45) is 0 Å². The monoisotopic (exact) mass is 324 g/mol. The van der Waals surface area contributed by atoms with E-state index >= 15 is 0 Å². The maximum atomic E-state index is 5.31. The van der Waals surface area contributed by atoms with Crippen LogP contribution in [0.2, 0.25) is 0 Å². The van der Waals surface area contributed by atoms with Crippen LogP contribution in [0.25, 0.3) is 11.3 Å². The predicted molar refractivity (Wildman–Crippen MR) is 98.0 cm³/mol. The second kappa shape index (κ2) is 6.42. The molecule has 4 heteroatoms. The molecule has 3 nitrogen and oxygen atoms in total. The highest BCUT2D eigenvalue weighted by molar-refractivity contribution is 7.14. The van der Waals surface area contributed by atoms with E-state index in [1.165, 1.54) is 11.1 Å². The van der Waals surface area contributed by atoms with Gasteiger partial charge in [-0.3, -0.25) is 0 Å². The Morgan fingerprint density at radius 1 is 1.00 bits per heavy atom. The van der Waals surface area contributed by atoms with Crippen LogP contribution in [0, 0.1) is 20.8 Å². The van der Waals surface area contributed by atoms with Gasteiger partial charge in [0.1, 0.15) is 5.75 Å². The summed E-state index contributed by atoms with van der Waals surface area (Å²) in [5, 5.41) is 6.41. The Balaban J connectivity index is 1.86. The minimum absolute atomic E-state index is 0.901. The third-order valence-electron chi connectivity index (χ3n) is 3.83. The van der Waals surface area contributed by atoms with Gasteiger partial charge in [-0.05, 0) is 61.7 Å². The smallest absolute Gasteiger partial charge is 0.187 e. The molecule has 0 amide bonds. The Kier molecular flexibility index (Phi) is 4.35. The highest BCUT2D eigenvalue weighted by Gasteiger charge is 2.08. The zero-order valence-corrected chi connectivity index (χ0v) is 14.6. The van der Waals surface area contributed by atoms with Crippen LogP contribution in [0.5, 0.6) is 5.75 Å². The Bertz CT molecular complexity index is 839. The van der Waals surface area contributed by atoms with Gasteiger partial charge in [0, 0.05) is 16.6 Å². The van der Waals surface area contributed by atoms with Crippen molar-refractivity contribution in [3.8, 4) is 17.0 Å². The van der Waals surface area contributed by atoms with Crippen molar-refractivity contribution in [3.05, 3.63) is 58.5 Å². The molecule has 0 fully saturated rings. The zero-order chi connectivity index (χ0) is 16.4. The predicted octanol–water partition coefficient (Wildman–Crippen LogP) is 5.49. The molecule has 0 saturated heterocycles. The maximum Gasteiger partial charge on any atom is 0.187 e. The number of aryl methyl sites for hydroxylation is 3. The molecule has 0 spiro atoms. The molecule has 0 aliphatic carbocycles. The molecular formula is C19H20N2OS. The summed E-state index contributed by atoms with van der Waals surface area (Å²) < 4.78 is 5.31. The summed E-state index contributed by atoms with van der Waals surface area (Å²) in [5.41, 5.74) is 6.76. The molecule has 0 unspecified atom stereocenters. The molecule has 0 atom stereocenters. The van der Waals surface area contributed by atoms with Crippen LogP contribution in [-0.2, 0) is 0 Å². The lowest BCUT2D eigenvalue weighted by atomic mass is 10.1. The van der Waals surface area contributed by atoms with Gasteiger partial charge in [0.2, 0.25) is 0 Å². The number of hydrogen-bond acceptors (Lipinski definition) is 4. The standard InChI is InChI=1S/C19H20N2OS/c1-12-5-6-13(2)16(9-12)20-19-21-17(11-23-19)15-7-8-18(22-4)14(3)10-15/h5-11H,1-4H3,(H,20,21). The van der Waals surface area contributed by atoms with Crippen LogP contribution in [0.3, 0.4) is 0 Å². The summed E-state index contributed by atoms with van der Waals surface area (Å²) in [7, 11) is 1.69. The number of anilines is 2. The maximum absolute atomic E-state index is 5.31. The molecule has 0 radical (unpaired) electrons. The van der Waals surface area contributed by atoms with Gasteiger partial charge in [0.25, 0.3) is 0 Å². The molecule has 1 aromatic heterocycles. The number of ether oxygens (including phenoxy) is 1. The first kappa shape index (κ1) is 15.6. The van der Waals surface area contributed by atoms with Crippen LogP contribution < -0.4 is 10.1 Å². The van der Waals surface area contributed by atoms with E-state index < -0.39 is 0 Å². The Morgan fingerprint density at radius 3 is 2.57 bits per heavy atom. The van der Waals surface area contributed by atoms with Crippen molar-refractivity contribution in [2.75, 3.05) is 12.4 Å². The number of rotatable bonds is 4. The Morgan fingerprint density at radius 2 is 1.83 bits per heavy atom. The summed E-state index contributed by atoms with van der Waals surface area (Å²) >= 11 is 1.62. The van der Waals surface area contributed by atoms with Crippen LogP contribution in [0.4, 0.5) is 10.8 Å². The molecule has 2 aromatic carbocycles. The van der Waals surface area contributed by atoms with Crippen LogP contribution in [-0.4, -0.2) is 12.1 Å². The van der Waals surface area contributed by atoms with Crippen molar-refractivity contribution in [1.82, 2.24) is 4.98 Å². The number of benzene rings is 2. The number of nitrogens with one attached hydrogen (secondary N) is 1. The third-order valence-corrected chi connectivity index (χ3v) is 4.59. The number of nitrogens with zero attached hydrogens (tertiary/aromatic N) is 1. The van der Waals surface area contributed by atoms with Crippen molar-refractivity contribution < 1.29 is 4.74 Å². The molecule has 1 N–H and O–H groups in total. The quantitative estimate of drug-likeness (QED) is 0.689. The molecule has 1 heterocycles. The van der Waals surface area contributed by atoms with Gasteiger partial charge in [-0.1, -0.05) is 12.1 Å². The minimum Gasteiger partial charge on any atom is -0.496 e. The van der Waals surface area contributed by atoms with Gasteiger partial charge in [-0.15, -0.1) is 11.3 Å². The fourth-order valence-corrected chi connectivity index (χ4v) is 3.22. The van der Waals surface area contributed by atoms with Crippen molar-refractivity contribution in [2.45, 2.75) is 20.8 Å². The van der Waals surface area contributed by atoms with E-state index in [0.717, 1.165) is 33.4 Å². The van der Waals surface area contributed by atoms with Gasteiger partial charge < -0.3 is 10.1 Å². The Hall–Kier alpha value is -2.33. The first-order chi connectivity index (χ1) is 11.1. The van der Waals surface area contributed by atoms with Crippen LogP contribution in [0.1, 0.15) is 16.7 Å². The number of thiazole rings is 1. The van der Waals surface area contributed by atoms with Gasteiger partial charge >= 0.3 is 0 Å². The highest BCUT2D eigenvalue weighted by Crippen LogP contribution is 2.30. The van der Waals surface area contributed by atoms with Crippen molar-refractivity contribution in [1.29, 1.82) is 0 Å². The third kappa shape index (κ3) is 3.37. The molecule has 118 valence electrons. The second-order valence-corrected chi connectivity index (χ2v) is 6.52. The normalized spacial score (nSPS) is 10.6. The fourth-order valence-electron chi connectivity index (χ4n) is 2.49. The van der Waals surface area contributed by atoms with E-state index in [1.54, 1.807) is 18.4 Å². The van der Waals surface area contributed by atoms with Gasteiger partial charge in [0.05, 0.1) is 12.8 Å². The average Bonchev–Trinajstić information content (AvgIpc) is 2.99. The minimum atomic E-state index is 0.901. The molecule has 0 aliphatic heterocycles. The Labute approximate surface area is 141 Å². The molecule has 0 aliphatic rings. The summed E-state index contributed by atoms with van der Waals surface area (Å²) in [6, 6.07) is 12.5. The lowest BCUT2D eigenvalue weighted by molar-refractivity contribution is 0.412. The van der Waals surface area contributed by atoms with Crippen LogP contribution >= 0.6 is 11.3 Å². The highest BCUT2D eigenvalue weighted by atomic mass is 32.1. The molecule has 0 bridgehead atoms. The lowest BCUT2D eigenvalue weighted by Gasteiger charge is -2.08. The van der Waals surface area contributed by atoms with Crippen molar-refractivity contribution in [3.63, 3.8) is 0 Å². The molecule has 0 saturated carbocycles. The van der Waals surface area contributed by atoms with E-state index in [2.05, 4.69) is 48.8 Å². The topological polar surface area (TPSA) is 34.1 Å². The van der Waals surface area contributed by atoms with Gasteiger partial charge in [-0.2, -0.15) is 0 Å². The van der Waals surface area contributed by atoms with Gasteiger partial charge in [0.15, 0.2) is 5.13 Å². The number of hydrogen-bond donors (Lipinski definition) is 1. The van der Waals surface area contributed by atoms with E-state index in [1.807, 2.05) is 19.1 Å². The lowest BCUT2D eigenvalue weighted by Crippen LogP contribution is -1.93. The SMILES string of the molecule is COc1ccc(-c2csc(Nc3cc(C)ccc3C)n2)cc1C. The van der Waals surface area contributed by atoms with Crippen molar-refractivity contribution >= 4 is 22.2 Å². The fraction of sp³-hybridized carbons (Fsp3) is 0.211. The summed E-state index contributed by atoms with van der Waals surface area (Å²) in [4.78, 5) is 4.71. The summed E-state index contributed by atoms with van der Waals surface area (Å²) in [5.74, 6) is 0.901.